The van der Waals surface area contributed by atoms with E-state index in [1.807, 2.05) is 60.7 Å². The van der Waals surface area contributed by atoms with Crippen LogP contribution in [0.3, 0.4) is 0 Å². The molecule has 0 aliphatic rings. The van der Waals surface area contributed by atoms with Crippen LogP contribution in [0.15, 0.2) is 91.0 Å². The van der Waals surface area contributed by atoms with E-state index in [-0.39, 0.29) is 23.9 Å². The number of aryl methyl sites for hydroxylation is 1. The van der Waals surface area contributed by atoms with Gasteiger partial charge in [0.05, 0.1) is 6.42 Å². The molecule has 0 fully saturated rings. The van der Waals surface area contributed by atoms with Crippen molar-refractivity contribution in [2.45, 2.75) is 6.42 Å². The van der Waals surface area contributed by atoms with Gasteiger partial charge in [-0.2, -0.15) is 5.10 Å². The Bertz CT molecular complexity index is 1200. The highest BCUT2D eigenvalue weighted by molar-refractivity contribution is 6.04. The molecule has 0 bridgehead atoms. The summed E-state index contributed by atoms with van der Waals surface area (Å²) in [6.07, 6.45) is 0.241. The number of hydrogen-bond acceptors (Lipinski definition) is 4. The number of amides is 2. The molecule has 0 saturated carbocycles. The van der Waals surface area contributed by atoms with Crippen molar-refractivity contribution in [3.05, 3.63) is 102 Å². The maximum atomic E-state index is 12.6. The molecule has 32 heavy (non-hydrogen) atoms. The maximum absolute atomic E-state index is 12.6. The molecule has 0 atom stereocenters. The van der Waals surface area contributed by atoms with Crippen molar-refractivity contribution >= 4 is 23.3 Å². The van der Waals surface area contributed by atoms with Crippen LogP contribution in [0.25, 0.3) is 0 Å². The lowest BCUT2D eigenvalue weighted by molar-refractivity contribution is -0.115. The highest BCUT2D eigenvalue weighted by Crippen LogP contribution is 2.23. The second-order valence-corrected chi connectivity index (χ2v) is 7.14. The summed E-state index contributed by atoms with van der Waals surface area (Å²) in [5, 5.41) is 9.80. The van der Waals surface area contributed by atoms with Gasteiger partial charge in [-0.15, -0.1) is 0 Å². The Balaban J connectivity index is 1.36. The smallest absolute Gasteiger partial charge is 0.276 e. The van der Waals surface area contributed by atoms with Gasteiger partial charge < -0.3 is 15.4 Å². The number of benzene rings is 3. The van der Waals surface area contributed by atoms with Gasteiger partial charge in [0, 0.05) is 18.8 Å². The van der Waals surface area contributed by atoms with Crippen molar-refractivity contribution < 1.29 is 14.3 Å². The fraction of sp³-hybridized carbons (Fsp3) is 0.0800. The number of aromatic nitrogens is 2. The molecule has 7 nitrogen and oxygen atoms in total. The van der Waals surface area contributed by atoms with Crippen LogP contribution in [0, 0.1) is 0 Å². The van der Waals surface area contributed by atoms with Crippen LogP contribution < -0.4 is 15.4 Å². The Morgan fingerprint density at radius 1 is 0.844 bits per heavy atom. The number of nitrogens with one attached hydrogen (secondary N) is 2. The summed E-state index contributed by atoms with van der Waals surface area (Å²) in [6.45, 7) is 0. The molecule has 1 heterocycles. The lowest BCUT2D eigenvalue weighted by Crippen LogP contribution is -2.16. The Morgan fingerprint density at radius 2 is 1.47 bits per heavy atom. The third-order valence-corrected chi connectivity index (χ3v) is 4.68. The van der Waals surface area contributed by atoms with Crippen molar-refractivity contribution in [3.8, 4) is 11.5 Å². The summed E-state index contributed by atoms with van der Waals surface area (Å²) in [5.41, 5.74) is 1.72. The van der Waals surface area contributed by atoms with E-state index in [1.54, 1.807) is 37.4 Å². The average molecular weight is 426 g/mol. The SMILES string of the molecule is Cn1nc(C(=O)Nc2ccc(Oc3ccccc3)cc2)cc1NC(=O)Cc1ccccc1. The van der Waals surface area contributed by atoms with E-state index in [9.17, 15) is 9.59 Å². The minimum atomic E-state index is -0.374. The van der Waals surface area contributed by atoms with Gasteiger partial charge in [-0.25, -0.2) is 0 Å². The largest absolute Gasteiger partial charge is 0.457 e. The lowest BCUT2D eigenvalue weighted by atomic mass is 10.1. The molecule has 0 unspecified atom stereocenters. The monoisotopic (exact) mass is 426 g/mol. The molecule has 0 radical (unpaired) electrons. The minimum absolute atomic E-state index is 0.180. The third kappa shape index (κ3) is 5.40. The summed E-state index contributed by atoms with van der Waals surface area (Å²) in [5.74, 6) is 1.29. The van der Waals surface area contributed by atoms with Gasteiger partial charge >= 0.3 is 0 Å². The molecular weight excluding hydrogens is 404 g/mol. The summed E-state index contributed by atoms with van der Waals surface area (Å²) in [4.78, 5) is 24.9. The lowest BCUT2D eigenvalue weighted by Gasteiger charge is -2.07. The molecular formula is C25H22N4O3. The zero-order valence-corrected chi connectivity index (χ0v) is 17.5. The van der Waals surface area contributed by atoms with Crippen LogP contribution in [-0.2, 0) is 18.3 Å². The van der Waals surface area contributed by atoms with E-state index in [1.165, 1.54) is 4.68 Å². The van der Waals surface area contributed by atoms with Crippen molar-refractivity contribution in [1.82, 2.24) is 9.78 Å². The van der Waals surface area contributed by atoms with E-state index in [0.29, 0.717) is 17.3 Å². The van der Waals surface area contributed by atoms with Gasteiger partial charge in [0.25, 0.3) is 5.91 Å². The topological polar surface area (TPSA) is 85.2 Å². The molecule has 7 heteroatoms. The molecule has 4 aromatic rings. The van der Waals surface area contributed by atoms with Crippen LogP contribution in [-0.4, -0.2) is 21.6 Å². The minimum Gasteiger partial charge on any atom is -0.457 e. The van der Waals surface area contributed by atoms with Crippen molar-refractivity contribution in [2.24, 2.45) is 7.05 Å². The highest BCUT2D eigenvalue weighted by atomic mass is 16.5. The first-order valence-corrected chi connectivity index (χ1v) is 10.1. The van der Waals surface area contributed by atoms with Gasteiger partial charge in [-0.1, -0.05) is 48.5 Å². The molecule has 2 N–H and O–H groups in total. The quantitative estimate of drug-likeness (QED) is 0.451. The van der Waals surface area contributed by atoms with Gasteiger partial charge in [0.15, 0.2) is 5.69 Å². The normalized spacial score (nSPS) is 10.4. The fourth-order valence-corrected chi connectivity index (χ4v) is 3.09. The van der Waals surface area contributed by atoms with E-state index < -0.39 is 0 Å². The van der Waals surface area contributed by atoms with Crippen molar-refractivity contribution in [2.75, 3.05) is 10.6 Å². The molecule has 4 rings (SSSR count). The Hall–Kier alpha value is -4.39. The summed E-state index contributed by atoms with van der Waals surface area (Å²) in [6, 6.07) is 27.5. The van der Waals surface area contributed by atoms with Gasteiger partial charge in [0.2, 0.25) is 5.91 Å². The first-order valence-electron chi connectivity index (χ1n) is 10.1. The van der Waals surface area contributed by atoms with E-state index in [2.05, 4.69) is 15.7 Å². The van der Waals surface area contributed by atoms with E-state index in [4.69, 9.17) is 4.74 Å². The predicted octanol–water partition coefficient (Wildman–Crippen LogP) is 4.65. The number of ether oxygens (including phenoxy) is 1. The van der Waals surface area contributed by atoms with E-state index in [0.717, 1.165) is 11.3 Å². The first kappa shape index (κ1) is 20.9. The van der Waals surface area contributed by atoms with Gasteiger partial charge in [-0.05, 0) is 42.0 Å². The molecule has 0 aliphatic carbocycles. The standard InChI is InChI=1S/C25H22N4O3/c1-29-23(27-24(30)16-18-8-4-2-5-9-18)17-22(28-29)25(31)26-19-12-14-21(15-13-19)32-20-10-6-3-7-11-20/h2-15,17H,16H2,1H3,(H,26,31)(H,27,30). The molecule has 0 saturated heterocycles. The molecule has 3 aromatic carbocycles. The average Bonchev–Trinajstić information content (AvgIpc) is 3.16. The first-order chi connectivity index (χ1) is 15.6. The van der Waals surface area contributed by atoms with Crippen LogP contribution >= 0.6 is 0 Å². The highest BCUT2D eigenvalue weighted by Gasteiger charge is 2.15. The zero-order chi connectivity index (χ0) is 22.3. The van der Waals surface area contributed by atoms with Crippen LogP contribution in [0.1, 0.15) is 16.1 Å². The fourth-order valence-electron chi connectivity index (χ4n) is 3.09. The number of nitrogens with zero attached hydrogens (tertiary/aromatic N) is 2. The van der Waals surface area contributed by atoms with E-state index >= 15 is 0 Å². The predicted molar refractivity (Wildman–Crippen MR) is 123 cm³/mol. The number of carbonyl (C=O) groups is 2. The number of carbonyl (C=O) groups excluding carboxylic acids is 2. The Morgan fingerprint density at radius 3 is 2.16 bits per heavy atom. The van der Waals surface area contributed by atoms with Gasteiger partial charge in [-0.3, -0.25) is 14.3 Å². The van der Waals surface area contributed by atoms with Crippen LogP contribution in [0.4, 0.5) is 11.5 Å². The zero-order valence-electron chi connectivity index (χ0n) is 17.5. The number of hydrogen-bond donors (Lipinski definition) is 2. The summed E-state index contributed by atoms with van der Waals surface area (Å²) >= 11 is 0. The number of anilines is 2. The molecule has 2 amide bonds. The van der Waals surface area contributed by atoms with Crippen molar-refractivity contribution in [3.63, 3.8) is 0 Å². The summed E-state index contributed by atoms with van der Waals surface area (Å²) in [7, 11) is 1.67. The van der Waals surface area contributed by atoms with Gasteiger partial charge in [0.1, 0.15) is 17.3 Å². The molecule has 160 valence electrons. The Kier molecular flexibility index (Phi) is 6.27. The summed E-state index contributed by atoms with van der Waals surface area (Å²) < 4.78 is 7.22. The number of para-hydroxylation sites is 1. The third-order valence-electron chi connectivity index (χ3n) is 4.68. The van der Waals surface area contributed by atoms with Crippen LogP contribution in [0.5, 0.6) is 11.5 Å². The number of rotatable bonds is 7. The maximum Gasteiger partial charge on any atom is 0.276 e. The second-order valence-electron chi connectivity index (χ2n) is 7.14. The molecule has 1 aromatic heterocycles. The second kappa shape index (κ2) is 9.61. The molecule has 0 aliphatic heterocycles. The molecule has 0 spiro atoms. The van der Waals surface area contributed by atoms with Crippen molar-refractivity contribution in [1.29, 1.82) is 0 Å². The van der Waals surface area contributed by atoms with Crippen LogP contribution in [0.2, 0.25) is 0 Å². The Labute approximate surface area is 185 Å².